The summed E-state index contributed by atoms with van der Waals surface area (Å²) in [6, 6.07) is 21.9. The fraction of sp³-hybridized carbons (Fsp3) is 0.120. The maximum Gasteiger partial charge on any atom is 0.266 e. The molecule has 172 valence electrons. The van der Waals surface area contributed by atoms with Gasteiger partial charge >= 0.3 is 0 Å². The maximum absolute atomic E-state index is 13.3. The molecule has 0 unspecified atom stereocenters. The minimum absolute atomic E-state index is 0.0397. The Bertz CT molecular complexity index is 1420. The number of hydrogen-bond donors (Lipinski definition) is 1. The number of carbonyl (C=O) groups excluding carboxylic acids is 1. The van der Waals surface area contributed by atoms with Crippen LogP contribution in [-0.2, 0) is 4.79 Å². The molecule has 0 aliphatic heterocycles. The molecule has 7 nitrogen and oxygen atoms in total. The number of nitrogens with one attached hydrogen (secondary N) is 1. The average molecular weight is 537 g/mol. The molecule has 0 aliphatic rings. The van der Waals surface area contributed by atoms with E-state index < -0.39 is 0 Å². The van der Waals surface area contributed by atoms with E-state index in [4.69, 9.17) is 4.74 Å². The highest BCUT2D eigenvalue weighted by Gasteiger charge is 2.15. The minimum atomic E-state index is -0.301. The molecule has 4 aromatic rings. The Hall–Kier alpha value is -3.43. The van der Waals surface area contributed by atoms with Crippen LogP contribution in [0, 0.1) is 0 Å². The molecule has 0 aliphatic carbocycles. The van der Waals surface area contributed by atoms with Gasteiger partial charge in [-0.2, -0.15) is 5.10 Å². The molecule has 1 amide bonds. The molecule has 0 bridgehead atoms. The lowest BCUT2D eigenvalue weighted by Crippen LogP contribution is -2.24. The molecule has 1 N–H and O–H groups in total. The van der Waals surface area contributed by atoms with Gasteiger partial charge in [-0.15, -0.1) is 0 Å². The number of nitrogens with zero attached hydrogens (tertiary/aromatic N) is 3. The number of hydrogen-bond acceptors (Lipinski definition) is 6. The van der Waals surface area contributed by atoms with Crippen LogP contribution < -0.4 is 15.7 Å². The third kappa shape index (κ3) is 5.37. The first-order valence-electron chi connectivity index (χ1n) is 10.3. The minimum Gasteiger partial charge on any atom is -0.497 e. The number of para-hydroxylation sites is 1. The van der Waals surface area contributed by atoms with E-state index in [0.717, 1.165) is 10.0 Å². The summed E-state index contributed by atoms with van der Waals surface area (Å²) >= 11 is 4.57. The molecule has 1 aromatic heterocycles. The predicted molar refractivity (Wildman–Crippen MR) is 139 cm³/mol. The van der Waals surface area contributed by atoms with E-state index in [0.29, 0.717) is 33.2 Å². The lowest BCUT2D eigenvalue weighted by atomic mass is 10.1. The topological polar surface area (TPSA) is 85.6 Å². The summed E-state index contributed by atoms with van der Waals surface area (Å²) in [6.07, 6.45) is 0. The molecule has 0 radical (unpaired) electrons. The highest BCUT2D eigenvalue weighted by atomic mass is 79.9. The highest BCUT2D eigenvalue weighted by Crippen LogP contribution is 2.22. The van der Waals surface area contributed by atoms with Crippen LogP contribution in [0.1, 0.15) is 12.5 Å². The van der Waals surface area contributed by atoms with Gasteiger partial charge in [0, 0.05) is 4.47 Å². The number of aromatic nitrogens is 2. The summed E-state index contributed by atoms with van der Waals surface area (Å²) in [4.78, 5) is 30.5. The van der Waals surface area contributed by atoms with Crippen molar-refractivity contribution < 1.29 is 9.53 Å². The molecule has 4 rings (SSSR count). The van der Waals surface area contributed by atoms with Crippen LogP contribution in [0.5, 0.6) is 5.75 Å². The van der Waals surface area contributed by atoms with Gasteiger partial charge < -0.3 is 4.74 Å². The van der Waals surface area contributed by atoms with Crippen LogP contribution in [-0.4, -0.2) is 34.0 Å². The number of hydrazone groups is 1. The largest absolute Gasteiger partial charge is 0.497 e. The van der Waals surface area contributed by atoms with Gasteiger partial charge in [-0.05, 0) is 61.0 Å². The van der Waals surface area contributed by atoms with Crippen LogP contribution in [0.15, 0.2) is 92.3 Å². The molecule has 1 heterocycles. The SMILES string of the molecule is COc1ccc(-n2c(SCC(=O)N/N=C(/C)c3ccc(Br)cc3)nc3ccccc3c2=O)cc1. The Kier molecular flexibility index (Phi) is 7.44. The van der Waals surface area contributed by atoms with E-state index in [2.05, 4.69) is 31.4 Å². The second-order valence-corrected chi connectivity index (χ2v) is 9.14. The number of halogens is 1. The summed E-state index contributed by atoms with van der Waals surface area (Å²) in [5.74, 6) is 0.418. The van der Waals surface area contributed by atoms with Gasteiger partial charge in [0.2, 0.25) is 0 Å². The Morgan fingerprint density at radius 2 is 1.79 bits per heavy atom. The van der Waals surface area contributed by atoms with E-state index >= 15 is 0 Å². The summed E-state index contributed by atoms with van der Waals surface area (Å²) in [6.45, 7) is 1.82. The smallest absolute Gasteiger partial charge is 0.266 e. The molecule has 0 atom stereocenters. The number of rotatable bonds is 7. The molecule has 34 heavy (non-hydrogen) atoms. The van der Waals surface area contributed by atoms with Gasteiger partial charge in [-0.3, -0.25) is 14.2 Å². The van der Waals surface area contributed by atoms with Gasteiger partial charge in [0.05, 0.1) is 35.2 Å². The lowest BCUT2D eigenvalue weighted by Gasteiger charge is -2.13. The van der Waals surface area contributed by atoms with E-state index in [1.807, 2.05) is 37.3 Å². The molecule has 0 saturated carbocycles. The first-order valence-corrected chi connectivity index (χ1v) is 12.1. The number of benzene rings is 3. The molecule has 9 heteroatoms. The Morgan fingerprint density at radius 1 is 1.09 bits per heavy atom. The summed E-state index contributed by atoms with van der Waals surface area (Å²) < 4.78 is 7.70. The van der Waals surface area contributed by atoms with Crippen LogP contribution in [0.2, 0.25) is 0 Å². The second-order valence-electron chi connectivity index (χ2n) is 7.28. The van der Waals surface area contributed by atoms with Crippen LogP contribution in [0.4, 0.5) is 0 Å². The standard InChI is InChI=1S/C25H21BrN4O3S/c1-16(17-7-9-18(26)10-8-17)28-29-23(31)15-34-25-27-22-6-4-3-5-21(22)24(32)30(25)19-11-13-20(33-2)14-12-19/h3-14H,15H2,1-2H3,(H,29,31)/b28-16-. The van der Waals surface area contributed by atoms with Crippen molar-refractivity contribution in [3.63, 3.8) is 0 Å². The van der Waals surface area contributed by atoms with Crippen molar-refractivity contribution in [3.05, 3.63) is 93.2 Å². The van der Waals surface area contributed by atoms with E-state index in [1.165, 1.54) is 16.3 Å². The number of methoxy groups -OCH3 is 1. The Balaban J connectivity index is 1.58. The first kappa shape index (κ1) is 23.7. The molecular weight excluding hydrogens is 516 g/mol. The monoisotopic (exact) mass is 536 g/mol. The fourth-order valence-corrected chi connectivity index (χ4v) is 4.30. The third-order valence-corrected chi connectivity index (χ3v) is 6.49. The zero-order valence-corrected chi connectivity index (χ0v) is 20.9. The van der Waals surface area contributed by atoms with Crippen molar-refractivity contribution >= 4 is 50.2 Å². The average Bonchev–Trinajstić information content (AvgIpc) is 2.86. The van der Waals surface area contributed by atoms with Gasteiger partial charge in [-0.25, -0.2) is 10.4 Å². The van der Waals surface area contributed by atoms with E-state index in [-0.39, 0.29) is 17.2 Å². The molecule has 3 aromatic carbocycles. The van der Waals surface area contributed by atoms with E-state index in [1.54, 1.807) is 49.6 Å². The van der Waals surface area contributed by atoms with Crippen molar-refractivity contribution in [2.45, 2.75) is 12.1 Å². The van der Waals surface area contributed by atoms with Gasteiger partial charge in [0.15, 0.2) is 5.16 Å². The Morgan fingerprint density at radius 3 is 2.50 bits per heavy atom. The molecule has 0 spiro atoms. The number of amides is 1. The zero-order valence-electron chi connectivity index (χ0n) is 18.5. The van der Waals surface area contributed by atoms with Crippen LogP contribution in [0.25, 0.3) is 16.6 Å². The number of fused-ring (bicyclic) bond motifs is 1. The van der Waals surface area contributed by atoms with Gasteiger partial charge in [0.25, 0.3) is 11.5 Å². The van der Waals surface area contributed by atoms with Crippen molar-refractivity contribution in [3.8, 4) is 11.4 Å². The molecule has 0 fully saturated rings. The number of carbonyl (C=O) groups is 1. The van der Waals surface area contributed by atoms with Gasteiger partial charge in [0.1, 0.15) is 5.75 Å². The van der Waals surface area contributed by atoms with Gasteiger partial charge in [-0.1, -0.05) is 52.0 Å². The fourth-order valence-electron chi connectivity index (χ4n) is 3.23. The molecule has 0 saturated heterocycles. The predicted octanol–water partition coefficient (Wildman–Crippen LogP) is 4.79. The number of ether oxygens (including phenoxy) is 1. The van der Waals surface area contributed by atoms with Crippen molar-refractivity contribution in [1.29, 1.82) is 0 Å². The lowest BCUT2D eigenvalue weighted by molar-refractivity contribution is -0.118. The van der Waals surface area contributed by atoms with Crippen LogP contribution >= 0.6 is 27.7 Å². The normalized spacial score (nSPS) is 11.4. The van der Waals surface area contributed by atoms with Crippen molar-refractivity contribution in [2.75, 3.05) is 12.9 Å². The first-order chi connectivity index (χ1) is 16.5. The van der Waals surface area contributed by atoms with Crippen molar-refractivity contribution in [2.24, 2.45) is 5.10 Å². The summed E-state index contributed by atoms with van der Waals surface area (Å²) in [5.41, 5.74) is 5.17. The third-order valence-electron chi connectivity index (χ3n) is 5.02. The Labute approximate surface area is 209 Å². The highest BCUT2D eigenvalue weighted by molar-refractivity contribution is 9.10. The quantitative estimate of drug-likeness (QED) is 0.159. The molecular formula is C25H21BrN4O3S. The van der Waals surface area contributed by atoms with Crippen molar-refractivity contribution in [1.82, 2.24) is 15.0 Å². The second kappa shape index (κ2) is 10.7. The van der Waals surface area contributed by atoms with Crippen LogP contribution in [0.3, 0.4) is 0 Å². The summed E-state index contributed by atoms with van der Waals surface area (Å²) in [7, 11) is 1.58. The van der Waals surface area contributed by atoms with E-state index in [9.17, 15) is 9.59 Å². The summed E-state index contributed by atoms with van der Waals surface area (Å²) in [5, 5.41) is 5.11. The number of thioether (sulfide) groups is 1. The zero-order chi connectivity index (χ0) is 24.1. The maximum atomic E-state index is 13.3.